The summed E-state index contributed by atoms with van der Waals surface area (Å²) in [7, 11) is 0. The van der Waals surface area contributed by atoms with Gasteiger partial charge in [0.05, 0.1) is 12.7 Å². The number of nitrogens with zero attached hydrogens (tertiary/aromatic N) is 2. The largest absolute Gasteiger partial charge is 0.373 e. The normalized spacial score (nSPS) is 19.0. The van der Waals surface area contributed by atoms with Gasteiger partial charge in [0.15, 0.2) is 0 Å². The van der Waals surface area contributed by atoms with Crippen LogP contribution in [-0.4, -0.2) is 61.1 Å². The molecule has 1 atom stereocenters. The average molecular weight is 290 g/mol. The fraction of sp³-hybridized carbons (Fsp3) is 0.588. The number of hydrogen-bond acceptors (Lipinski definition) is 3. The number of likely N-dealkylation sites (N-methyl/N-ethyl adjacent to an activating group) is 1. The minimum atomic E-state index is 0.114. The van der Waals surface area contributed by atoms with Crippen molar-refractivity contribution in [2.75, 3.05) is 39.3 Å². The van der Waals surface area contributed by atoms with Gasteiger partial charge >= 0.3 is 0 Å². The van der Waals surface area contributed by atoms with Gasteiger partial charge in [-0.25, -0.2) is 0 Å². The Morgan fingerprint density at radius 3 is 2.57 bits per heavy atom. The lowest BCUT2D eigenvalue weighted by molar-refractivity contribution is -0.0347. The van der Waals surface area contributed by atoms with Gasteiger partial charge in [-0.15, -0.1) is 0 Å². The van der Waals surface area contributed by atoms with E-state index in [2.05, 4.69) is 18.7 Å². The summed E-state index contributed by atoms with van der Waals surface area (Å²) in [4.78, 5) is 16.8. The summed E-state index contributed by atoms with van der Waals surface area (Å²) >= 11 is 0. The zero-order chi connectivity index (χ0) is 15.2. The molecule has 1 heterocycles. The summed E-state index contributed by atoms with van der Waals surface area (Å²) in [5, 5.41) is 0. The highest BCUT2D eigenvalue weighted by Crippen LogP contribution is 2.12. The average Bonchev–Trinajstić information content (AvgIpc) is 2.53. The molecule has 0 bridgehead atoms. The molecule has 0 radical (unpaired) electrons. The minimum absolute atomic E-state index is 0.114. The maximum atomic E-state index is 12.5. The molecule has 0 aromatic heterocycles. The van der Waals surface area contributed by atoms with Gasteiger partial charge in [0.25, 0.3) is 5.91 Å². The van der Waals surface area contributed by atoms with Crippen LogP contribution in [0.4, 0.5) is 0 Å². The van der Waals surface area contributed by atoms with Gasteiger partial charge in [0.2, 0.25) is 0 Å². The van der Waals surface area contributed by atoms with Crippen molar-refractivity contribution in [2.45, 2.75) is 26.9 Å². The van der Waals surface area contributed by atoms with Crippen molar-refractivity contribution in [3.63, 3.8) is 0 Å². The SMILES string of the molecule is CCN(CC)C[C@H]1CN(C(=O)c2ccc(C)cc2)CCO1. The molecule has 1 fully saturated rings. The molecule has 1 aliphatic rings. The molecule has 0 aliphatic carbocycles. The second-order valence-corrected chi connectivity index (χ2v) is 5.60. The number of benzene rings is 1. The van der Waals surface area contributed by atoms with E-state index in [-0.39, 0.29) is 12.0 Å². The van der Waals surface area contributed by atoms with E-state index < -0.39 is 0 Å². The fourth-order valence-electron chi connectivity index (χ4n) is 2.66. The first kappa shape index (κ1) is 16.0. The van der Waals surface area contributed by atoms with E-state index in [9.17, 15) is 4.79 Å². The van der Waals surface area contributed by atoms with Crippen molar-refractivity contribution in [1.82, 2.24) is 9.80 Å². The van der Waals surface area contributed by atoms with E-state index in [1.807, 2.05) is 36.1 Å². The Hall–Kier alpha value is -1.39. The third-order valence-electron chi connectivity index (χ3n) is 4.08. The number of rotatable bonds is 5. The van der Waals surface area contributed by atoms with E-state index >= 15 is 0 Å². The van der Waals surface area contributed by atoms with Crippen LogP contribution in [0.2, 0.25) is 0 Å². The van der Waals surface area contributed by atoms with Gasteiger partial charge in [-0.1, -0.05) is 31.5 Å². The quantitative estimate of drug-likeness (QED) is 0.833. The molecule has 1 aliphatic heterocycles. The molecule has 1 amide bonds. The van der Waals surface area contributed by atoms with Gasteiger partial charge in [0.1, 0.15) is 0 Å². The molecular formula is C17H26N2O2. The Bertz CT molecular complexity index is 454. The highest BCUT2D eigenvalue weighted by atomic mass is 16.5. The molecule has 0 N–H and O–H groups in total. The van der Waals surface area contributed by atoms with Gasteiger partial charge < -0.3 is 14.5 Å². The zero-order valence-electron chi connectivity index (χ0n) is 13.3. The molecule has 1 aromatic carbocycles. The van der Waals surface area contributed by atoms with Gasteiger partial charge in [0, 0.05) is 25.2 Å². The van der Waals surface area contributed by atoms with Crippen LogP contribution < -0.4 is 0 Å². The van der Waals surface area contributed by atoms with Crippen molar-refractivity contribution in [1.29, 1.82) is 0 Å². The van der Waals surface area contributed by atoms with Gasteiger partial charge in [-0.2, -0.15) is 0 Å². The van der Waals surface area contributed by atoms with E-state index in [0.717, 1.165) is 25.2 Å². The predicted molar refractivity (Wildman–Crippen MR) is 84.6 cm³/mol. The second-order valence-electron chi connectivity index (χ2n) is 5.60. The first-order chi connectivity index (χ1) is 10.1. The Kier molecular flexibility index (Phi) is 5.76. The first-order valence-corrected chi connectivity index (χ1v) is 7.84. The van der Waals surface area contributed by atoms with E-state index in [4.69, 9.17) is 4.74 Å². The molecular weight excluding hydrogens is 264 g/mol. The zero-order valence-corrected chi connectivity index (χ0v) is 13.3. The number of carbonyl (C=O) groups is 1. The number of carbonyl (C=O) groups excluding carboxylic acids is 1. The molecule has 116 valence electrons. The van der Waals surface area contributed by atoms with Crippen molar-refractivity contribution in [3.05, 3.63) is 35.4 Å². The Morgan fingerprint density at radius 1 is 1.29 bits per heavy atom. The number of ether oxygens (including phenoxy) is 1. The number of aryl methyl sites for hydroxylation is 1. The van der Waals surface area contributed by atoms with Crippen molar-refractivity contribution >= 4 is 5.91 Å². The molecule has 21 heavy (non-hydrogen) atoms. The lowest BCUT2D eigenvalue weighted by Gasteiger charge is -2.35. The molecule has 0 unspecified atom stereocenters. The molecule has 4 nitrogen and oxygen atoms in total. The topological polar surface area (TPSA) is 32.8 Å². The number of amides is 1. The molecule has 0 spiro atoms. The first-order valence-electron chi connectivity index (χ1n) is 7.84. The smallest absolute Gasteiger partial charge is 0.254 e. The molecule has 1 saturated heterocycles. The monoisotopic (exact) mass is 290 g/mol. The van der Waals surface area contributed by atoms with E-state index in [0.29, 0.717) is 19.7 Å². The summed E-state index contributed by atoms with van der Waals surface area (Å²) in [6.45, 7) is 11.3. The molecule has 4 heteroatoms. The van der Waals surface area contributed by atoms with Crippen molar-refractivity contribution in [3.8, 4) is 0 Å². The Morgan fingerprint density at radius 2 is 1.95 bits per heavy atom. The van der Waals surface area contributed by atoms with E-state index in [1.54, 1.807) is 0 Å². The summed E-state index contributed by atoms with van der Waals surface area (Å²) in [6.07, 6.45) is 0.119. The number of hydrogen-bond donors (Lipinski definition) is 0. The lowest BCUT2D eigenvalue weighted by atomic mass is 10.1. The summed E-state index contributed by atoms with van der Waals surface area (Å²) in [5.41, 5.74) is 1.94. The maximum Gasteiger partial charge on any atom is 0.254 e. The van der Waals surface area contributed by atoms with Crippen LogP contribution >= 0.6 is 0 Å². The van der Waals surface area contributed by atoms with Crippen LogP contribution in [0.25, 0.3) is 0 Å². The molecule has 1 aromatic rings. The summed E-state index contributed by atoms with van der Waals surface area (Å²) in [6, 6.07) is 7.79. The van der Waals surface area contributed by atoms with Gasteiger partial charge in [-0.3, -0.25) is 4.79 Å². The van der Waals surface area contributed by atoms with E-state index in [1.165, 1.54) is 5.56 Å². The molecule has 0 saturated carbocycles. The van der Waals surface area contributed by atoms with Crippen LogP contribution in [0.5, 0.6) is 0 Å². The highest BCUT2D eigenvalue weighted by molar-refractivity contribution is 5.94. The third-order valence-corrected chi connectivity index (χ3v) is 4.08. The highest BCUT2D eigenvalue weighted by Gasteiger charge is 2.25. The van der Waals surface area contributed by atoms with Crippen molar-refractivity contribution in [2.24, 2.45) is 0 Å². The van der Waals surface area contributed by atoms with Gasteiger partial charge in [-0.05, 0) is 32.1 Å². The Labute approximate surface area is 127 Å². The molecule has 2 rings (SSSR count). The number of morpholine rings is 1. The lowest BCUT2D eigenvalue weighted by Crippen LogP contribution is -2.49. The van der Waals surface area contributed by atoms with Crippen LogP contribution in [-0.2, 0) is 4.74 Å². The standard InChI is InChI=1S/C17H26N2O2/c1-4-18(5-2)12-16-13-19(10-11-21-16)17(20)15-8-6-14(3)7-9-15/h6-9,16H,4-5,10-13H2,1-3H3/t16-/m0/s1. The Balaban J connectivity index is 1.97. The van der Waals surface area contributed by atoms with Crippen LogP contribution in [0.3, 0.4) is 0 Å². The van der Waals surface area contributed by atoms with Crippen LogP contribution in [0.1, 0.15) is 29.8 Å². The van der Waals surface area contributed by atoms with Crippen LogP contribution in [0, 0.1) is 6.92 Å². The summed E-state index contributed by atoms with van der Waals surface area (Å²) in [5.74, 6) is 0.114. The van der Waals surface area contributed by atoms with Crippen molar-refractivity contribution < 1.29 is 9.53 Å². The van der Waals surface area contributed by atoms with Crippen LogP contribution in [0.15, 0.2) is 24.3 Å². The fourth-order valence-corrected chi connectivity index (χ4v) is 2.66. The second kappa shape index (κ2) is 7.57. The predicted octanol–water partition coefficient (Wildman–Crippen LogP) is 2.18. The summed E-state index contributed by atoms with van der Waals surface area (Å²) < 4.78 is 5.81. The minimum Gasteiger partial charge on any atom is -0.373 e. The third kappa shape index (κ3) is 4.29. The maximum absolute atomic E-state index is 12.5.